The fourth-order valence-corrected chi connectivity index (χ4v) is 1.84. The number of carboxylic acid groups (broad SMARTS) is 1. The Bertz CT molecular complexity index is 642. The quantitative estimate of drug-likeness (QED) is 0.793. The molecule has 9 heteroatoms. The maximum Gasteiger partial charge on any atom is 0.305 e. The molecule has 0 aliphatic rings. The second kappa shape index (κ2) is 5.59. The topological polar surface area (TPSA) is 127 Å². The number of carbonyl (C=O) groups is 1. The van der Waals surface area contributed by atoms with Crippen molar-refractivity contribution in [3.63, 3.8) is 0 Å². The number of tetrazole rings is 1. The summed E-state index contributed by atoms with van der Waals surface area (Å²) in [6, 6.07) is 2.40. The monoisotopic (exact) mass is 278 g/mol. The summed E-state index contributed by atoms with van der Waals surface area (Å²) in [5.74, 6) is -0.586. The molecule has 0 aliphatic heterocycles. The minimum absolute atomic E-state index is 0.0242. The first-order chi connectivity index (χ1) is 9.49. The number of nitrogens with one attached hydrogen (secondary N) is 1. The summed E-state index contributed by atoms with van der Waals surface area (Å²) in [5.41, 5.74) is 0.0457. The Balaban J connectivity index is 2.42. The molecule has 2 aromatic heterocycles. The molecule has 2 N–H and O–H groups in total. The zero-order valence-corrected chi connectivity index (χ0v) is 11.0. The van der Waals surface area contributed by atoms with Crippen LogP contribution in [-0.2, 0) is 4.79 Å². The molecule has 0 fully saturated rings. The Morgan fingerprint density at radius 1 is 1.45 bits per heavy atom. The molecule has 0 bridgehead atoms. The van der Waals surface area contributed by atoms with Gasteiger partial charge in [-0.1, -0.05) is 13.8 Å². The Morgan fingerprint density at radius 2 is 2.20 bits per heavy atom. The summed E-state index contributed by atoms with van der Waals surface area (Å²) < 4.78 is 1.43. The van der Waals surface area contributed by atoms with E-state index in [2.05, 4.69) is 25.7 Å². The van der Waals surface area contributed by atoms with E-state index in [1.165, 1.54) is 16.8 Å². The molecule has 1 unspecified atom stereocenters. The van der Waals surface area contributed by atoms with Crippen LogP contribution in [0.2, 0.25) is 0 Å². The van der Waals surface area contributed by atoms with E-state index in [1.54, 1.807) is 0 Å². The van der Waals surface area contributed by atoms with Gasteiger partial charge < -0.3 is 5.11 Å². The maximum absolute atomic E-state index is 11.0. The summed E-state index contributed by atoms with van der Waals surface area (Å²) in [4.78, 5) is 22.0. The molecule has 106 valence electrons. The van der Waals surface area contributed by atoms with Crippen molar-refractivity contribution in [1.29, 1.82) is 0 Å². The van der Waals surface area contributed by atoms with E-state index in [4.69, 9.17) is 5.11 Å². The van der Waals surface area contributed by atoms with Crippen LogP contribution in [0.25, 0.3) is 11.5 Å². The summed E-state index contributed by atoms with van der Waals surface area (Å²) in [6.45, 7) is 3.78. The highest BCUT2D eigenvalue weighted by Gasteiger charge is 2.24. The number of nitrogens with zero attached hydrogens (tertiary/aromatic N) is 5. The summed E-state index contributed by atoms with van der Waals surface area (Å²) >= 11 is 0. The predicted molar refractivity (Wildman–Crippen MR) is 67.8 cm³/mol. The van der Waals surface area contributed by atoms with Crippen molar-refractivity contribution in [1.82, 2.24) is 30.4 Å². The van der Waals surface area contributed by atoms with E-state index in [1.807, 2.05) is 13.8 Å². The van der Waals surface area contributed by atoms with E-state index in [0.29, 0.717) is 11.5 Å². The highest BCUT2D eigenvalue weighted by atomic mass is 16.4. The fraction of sp³-hybridized carbons (Fsp3) is 0.455. The third-order valence-electron chi connectivity index (χ3n) is 2.87. The van der Waals surface area contributed by atoms with Crippen LogP contribution in [0.4, 0.5) is 0 Å². The molecule has 1 atom stereocenters. The van der Waals surface area contributed by atoms with Crippen LogP contribution >= 0.6 is 0 Å². The standard InChI is InChI=1S/C11H14N6O3/c1-6(2)8(5-10(19)20)17-11(14-15-16-17)7-3-4-9(18)13-12-7/h3-4,6,8H,5H2,1-2H3,(H,13,18)(H,19,20). The molecule has 0 spiro atoms. The highest BCUT2D eigenvalue weighted by Crippen LogP contribution is 2.24. The first kappa shape index (κ1) is 13.8. The van der Waals surface area contributed by atoms with Gasteiger partial charge in [0.25, 0.3) is 5.56 Å². The van der Waals surface area contributed by atoms with Gasteiger partial charge in [0, 0.05) is 6.07 Å². The first-order valence-electron chi connectivity index (χ1n) is 6.05. The average molecular weight is 278 g/mol. The summed E-state index contributed by atoms with van der Waals surface area (Å²) in [7, 11) is 0. The van der Waals surface area contributed by atoms with Gasteiger partial charge >= 0.3 is 5.97 Å². The molecule has 0 saturated heterocycles. The van der Waals surface area contributed by atoms with E-state index >= 15 is 0 Å². The Hall–Kier alpha value is -2.58. The lowest BCUT2D eigenvalue weighted by molar-refractivity contribution is -0.138. The minimum Gasteiger partial charge on any atom is -0.481 e. The van der Waals surface area contributed by atoms with Crippen LogP contribution < -0.4 is 5.56 Å². The third kappa shape index (κ3) is 2.87. The van der Waals surface area contributed by atoms with E-state index in [9.17, 15) is 9.59 Å². The number of aromatic nitrogens is 6. The molecule has 0 aliphatic carbocycles. The maximum atomic E-state index is 11.0. The zero-order chi connectivity index (χ0) is 14.7. The molecule has 0 aromatic carbocycles. The predicted octanol–water partition coefficient (Wildman–Crippen LogP) is 0.0952. The van der Waals surface area contributed by atoms with Gasteiger partial charge in [0.1, 0.15) is 5.69 Å². The normalized spacial score (nSPS) is 12.6. The van der Waals surface area contributed by atoms with Crippen molar-refractivity contribution in [3.05, 3.63) is 22.5 Å². The fourth-order valence-electron chi connectivity index (χ4n) is 1.84. The third-order valence-corrected chi connectivity index (χ3v) is 2.87. The molecule has 2 rings (SSSR count). The van der Waals surface area contributed by atoms with Gasteiger partial charge in [-0.3, -0.25) is 9.59 Å². The SMILES string of the molecule is CC(C)C(CC(=O)O)n1nnnc1-c1ccc(=O)[nH]n1. The van der Waals surface area contributed by atoms with Crippen molar-refractivity contribution in [2.45, 2.75) is 26.3 Å². The van der Waals surface area contributed by atoms with Crippen LogP contribution in [0.3, 0.4) is 0 Å². The van der Waals surface area contributed by atoms with Gasteiger partial charge in [-0.2, -0.15) is 5.10 Å². The van der Waals surface area contributed by atoms with E-state index in [-0.39, 0.29) is 17.9 Å². The molecular weight excluding hydrogens is 264 g/mol. The molecule has 0 saturated carbocycles. The van der Waals surface area contributed by atoms with Crippen molar-refractivity contribution >= 4 is 5.97 Å². The van der Waals surface area contributed by atoms with Gasteiger partial charge in [0.05, 0.1) is 12.5 Å². The average Bonchev–Trinajstić information content (AvgIpc) is 2.85. The largest absolute Gasteiger partial charge is 0.481 e. The Labute approximate surface area is 113 Å². The second-order valence-electron chi connectivity index (χ2n) is 4.66. The van der Waals surface area contributed by atoms with Crippen LogP contribution in [0.5, 0.6) is 0 Å². The van der Waals surface area contributed by atoms with E-state index in [0.717, 1.165) is 0 Å². The molecule has 20 heavy (non-hydrogen) atoms. The van der Waals surface area contributed by atoms with Gasteiger partial charge in [-0.15, -0.1) is 5.10 Å². The molecular formula is C11H14N6O3. The van der Waals surface area contributed by atoms with Gasteiger partial charge in [0.15, 0.2) is 0 Å². The number of hydrogen-bond donors (Lipinski definition) is 2. The minimum atomic E-state index is -0.931. The lowest BCUT2D eigenvalue weighted by Gasteiger charge is -2.19. The van der Waals surface area contributed by atoms with E-state index < -0.39 is 12.0 Å². The highest BCUT2D eigenvalue weighted by molar-refractivity contribution is 5.67. The molecule has 0 radical (unpaired) electrons. The number of H-pyrrole nitrogens is 1. The molecule has 0 amide bonds. The summed E-state index contributed by atoms with van der Waals surface area (Å²) in [5, 5.41) is 26.4. The number of hydrogen-bond acceptors (Lipinski definition) is 6. The number of carboxylic acids is 1. The zero-order valence-electron chi connectivity index (χ0n) is 11.0. The second-order valence-corrected chi connectivity index (χ2v) is 4.66. The molecule has 9 nitrogen and oxygen atoms in total. The van der Waals surface area contributed by atoms with Gasteiger partial charge in [-0.05, 0) is 22.4 Å². The number of aromatic amines is 1. The van der Waals surface area contributed by atoms with Crippen molar-refractivity contribution in [2.24, 2.45) is 5.92 Å². The van der Waals surface area contributed by atoms with Gasteiger partial charge in [0.2, 0.25) is 5.82 Å². The Morgan fingerprint density at radius 3 is 2.75 bits per heavy atom. The molecule has 2 heterocycles. The van der Waals surface area contributed by atoms with Crippen molar-refractivity contribution in [2.75, 3.05) is 0 Å². The Kier molecular flexibility index (Phi) is 3.87. The lowest BCUT2D eigenvalue weighted by atomic mass is 10.0. The van der Waals surface area contributed by atoms with Crippen LogP contribution in [-0.4, -0.2) is 41.5 Å². The van der Waals surface area contributed by atoms with Gasteiger partial charge in [-0.25, -0.2) is 9.78 Å². The molecule has 2 aromatic rings. The van der Waals surface area contributed by atoms with Crippen molar-refractivity contribution < 1.29 is 9.90 Å². The van der Waals surface area contributed by atoms with Crippen LogP contribution in [0.1, 0.15) is 26.3 Å². The number of rotatable bonds is 5. The number of aliphatic carboxylic acids is 1. The van der Waals surface area contributed by atoms with Crippen LogP contribution in [0.15, 0.2) is 16.9 Å². The lowest BCUT2D eigenvalue weighted by Crippen LogP contribution is -2.21. The van der Waals surface area contributed by atoms with Crippen molar-refractivity contribution in [3.8, 4) is 11.5 Å². The summed E-state index contributed by atoms with van der Waals surface area (Å²) in [6.07, 6.45) is -0.0982. The van der Waals surface area contributed by atoms with Crippen LogP contribution in [0, 0.1) is 5.92 Å². The first-order valence-corrected chi connectivity index (χ1v) is 6.05. The smallest absolute Gasteiger partial charge is 0.305 e.